The number of ether oxygens (including phenoxy) is 2. The maximum atomic E-state index is 11.6. The van der Waals surface area contributed by atoms with Gasteiger partial charge in [-0.2, -0.15) is 0 Å². The molecule has 1 heterocycles. The molecule has 1 aliphatic heterocycles. The third-order valence-electron chi connectivity index (χ3n) is 2.44. The monoisotopic (exact) mass is 198 g/mol. The summed E-state index contributed by atoms with van der Waals surface area (Å²) in [7, 11) is 0. The minimum atomic E-state index is -0.428. The molecule has 80 valence electrons. The predicted molar refractivity (Wildman–Crippen MR) is 53.9 cm³/mol. The molecular formula is C11H18O3. The highest BCUT2D eigenvalue weighted by molar-refractivity contribution is 5.76. The Bertz CT molecular complexity index is 243. The van der Waals surface area contributed by atoms with Crippen molar-refractivity contribution in [2.24, 2.45) is 5.92 Å². The lowest BCUT2D eigenvalue weighted by Gasteiger charge is -2.27. The summed E-state index contributed by atoms with van der Waals surface area (Å²) in [6, 6.07) is 0. The molecule has 0 saturated heterocycles. The van der Waals surface area contributed by atoms with Crippen molar-refractivity contribution >= 4 is 5.97 Å². The first-order chi connectivity index (χ1) is 6.52. The molecule has 3 nitrogen and oxygen atoms in total. The molecule has 2 atom stereocenters. The van der Waals surface area contributed by atoms with Crippen LogP contribution in [0.3, 0.4) is 0 Å². The number of carbonyl (C=O) groups is 1. The van der Waals surface area contributed by atoms with Crippen molar-refractivity contribution in [3.63, 3.8) is 0 Å². The van der Waals surface area contributed by atoms with Crippen molar-refractivity contribution in [2.75, 3.05) is 6.61 Å². The predicted octanol–water partition coefficient (Wildman–Crippen LogP) is 1.92. The average Bonchev–Trinajstić information content (AvgIpc) is 2.08. The molecule has 0 bridgehead atoms. The summed E-state index contributed by atoms with van der Waals surface area (Å²) in [6.45, 7) is 8.19. The summed E-state index contributed by atoms with van der Waals surface area (Å²) in [6.07, 6.45) is 1.50. The second-order valence-electron chi connectivity index (χ2n) is 3.98. The van der Waals surface area contributed by atoms with Crippen LogP contribution in [0.25, 0.3) is 0 Å². The molecule has 0 unspecified atom stereocenters. The van der Waals surface area contributed by atoms with Crippen LogP contribution in [0.15, 0.2) is 11.6 Å². The topological polar surface area (TPSA) is 35.5 Å². The fraction of sp³-hybridized carbons (Fsp3) is 0.727. The number of hydrogen-bond acceptors (Lipinski definition) is 3. The Hall–Kier alpha value is -0.830. The van der Waals surface area contributed by atoms with Crippen LogP contribution in [0.1, 0.15) is 27.7 Å². The van der Waals surface area contributed by atoms with E-state index in [-0.39, 0.29) is 18.0 Å². The molecular weight excluding hydrogens is 180 g/mol. The standard InChI is InChI=1S/C11H18O3/c1-7(2)14-11(12)10-9(4)8(3)5-6-13-10/h5,7,9-10H,6H2,1-4H3/t9-,10+/m1/s1. The Balaban J connectivity index is 2.60. The second-order valence-corrected chi connectivity index (χ2v) is 3.98. The van der Waals surface area contributed by atoms with Crippen LogP contribution in [0, 0.1) is 5.92 Å². The average molecular weight is 198 g/mol. The van der Waals surface area contributed by atoms with Gasteiger partial charge in [0.2, 0.25) is 0 Å². The van der Waals surface area contributed by atoms with Crippen LogP contribution in [-0.4, -0.2) is 24.8 Å². The van der Waals surface area contributed by atoms with Gasteiger partial charge in [-0.05, 0) is 20.8 Å². The summed E-state index contributed by atoms with van der Waals surface area (Å²) in [5.41, 5.74) is 1.20. The Morgan fingerprint density at radius 1 is 1.64 bits per heavy atom. The summed E-state index contributed by atoms with van der Waals surface area (Å²) in [4.78, 5) is 11.6. The fourth-order valence-corrected chi connectivity index (χ4v) is 1.42. The Morgan fingerprint density at radius 2 is 2.29 bits per heavy atom. The normalized spacial score (nSPS) is 27.4. The lowest BCUT2D eigenvalue weighted by molar-refractivity contribution is -0.163. The molecule has 0 fully saturated rings. The van der Waals surface area contributed by atoms with E-state index in [4.69, 9.17) is 9.47 Å². The van der Waals surface area contributed by atoms with Crippen molar-refractivity contribution < 1.29 is 14.3 Å². The highest BCUT2D eigenvalue weighted by Crippen LogP contribution is 2.22. The van der Waals surface area contributed by atoms with Crippen molar-refractivity contribution in [1.29, 1.82) is 0 Å². The molecule has 0 spiro atoms. The van der Waals surface area contributed by atoms with Gasteiger partial charge in [-0.15, -0.1) is 0 Å². The van der Waals surface area contributed by atoms with Gasteiger partial charge in [-0.25, -0.2) is 4.79 Å². The molecule has 0 amide bonds. The lowest BCUT2D eigenvalue weighted by Crippen LogP contribution is -2.37. The molecule has 0 aliphatic carbocycles. The number of carbonyl (C=O) groups excluding carboxylic acids is 1. The van der Waals surface area contributed by atoms with Crippen LogP contribution in [0.2, 0.25) is 0 Å². The first-order valence-corrected chi connectivity index (χ1v) is 5.01. The minimum absolute atomic E-state index is 0.0792. The summed E-state index contributed by atoms with van der Waals surface area (Å²) in [5.74, 6) is -0.130. The van der Waals surface area contributed by atoms with E-state index in [0.717, 1.165) is 0 Å². The van der Waals surface area contributed by atoms with Crippen molar-refractivity contribution in [3.8, 4) is 0 Å². The Morgan fingerprint density at radius 3 is 2.86 bits per heavy atom. The van der Waals surface area contributed by atoms with Gasteiger partial charge in [0.1, 0.15) is 0 Å². The molecule has 0 N–H and O–H groups in total. The first-order valence-electron chi connectivity index (χ1n) is 5.01. The van der Waals surface area contributed by atoms with Crippen LogP contribution >= 0.6 is 0 Å². The fourth-order valence-electron chi connectivity index (χ4n) is 1.42. The quantitative estimate of drug-likeness (QED) is 0.502. The molecule has 0 aromatic carbocycles. The van der Waals surface area contributed by atoms with Gasteiger partial charge in [0, 0.05) is 5.92 Å². The Labute approximate surface area is 85.1 Å². The smallest absolute Gasteiger partial charge is 0.336 e. The van der Waals surface area contributed by atoms with Gasteiger partial charge < -0.3 is 9.47 Å². The van der Waals surface area contributed by atoms with E-state index in [1.54, 1.807) is 0 Å². The number of esters is 1. The van der Waals surface area contributed by atoms with E-state index >= 15 is 0 Å². The molecule has 0 aromatic heterocycles. The molecule has 14 heavy (non-hydrogen) atoms. The third-order valence-corrected chi connectivity index (χ3v) is 2.44. The zero-order valence-corrected chi connectivity index (χ0v) is 9.24. The molecule has 1 rings (SSSR count). The van der Waals surface area contributed by atoms with Gasteiger partial charge >= 0.3 is 5.97 Å². The van der Waals surface area contributed by atoms with E-state index in [2.05, 4.69) is 0 Å². The summed E-state index contributed by atoms with van der Waals surface area (Å²) in [5, 5.41) is 0. The van der Waals surface area contributed by atoms with Crippen LogP contribution in [0.4, 0.5) is 0 Å². The van der Waals surface area contributed by atoms with Gasteiger partial charge in [0.25, 0.3) is 0 Å². The van der Waals surface area contributed by atoms with E-state index < -0.39 is 6.10 Å². The van der Waals surface area contributed by atoms with Crippen molar-refractivity contribution in [2.45, 2.75) is 39.9 Å². The van der Waals surface area contributed by atoms with E-state index in [0.29, 0.717) is 6.61 Å². The van der Waals surface area contributed by atoms with Crippen LogP contribution in [-0.2, 0) is 14.3 Å². The zero-order valence-electron chi connectivity index (χ0n) is 9.24. The third kappa shape index (κ3) is 2.58. The summed E-state index contributed by atoms with van der Waals surface area (Å²) >= 11 is 0. The van der Waals surface area contributed by atoms with Crippen LogP contribution in [0.5, 0.6) is 0 Å². The minimum Gasteiger partial charge on any atom is -0.461 e. The van der Waals surface area contributed by atoms with E-state index in [9.17, 15) is 4.79 Å². The highest BCUT2D eigenvalue weighted by Gasteiger charge is 2.31. The second kappa shape index (κ2) is 4.60. The SMILES string of the molecule is CC1=CCO[C@H](C(=O)OC(C)C)[C@@H]1C. The van der Waals surface area contributed by atoms with Gasteiger partial charge in [0.15, 0.2) is 6.10 Å². The zero-order chi connectivity index (χ0) is 10.7. The lowest BCUT2D eigenvalue weighted by atomic mass is 9.94. The molecule has 3 heteroatoms. The van der Waals surface area contributed by atoms with E-state index in [1.165, 1.54) is 5.57 Å². The van der Waals surface area contributed by atoms with Gasteiger partial charge in [-0.1, -0.05) is 18.6 Å². The van der Waals surface area contributed by atoms with Gasteiger partial charge in [0.05, 0.1) is 12.7 Å². The highest BCUT2D eigenvalue weighted by atomic mass is 16.6. The first kappa shape index (κ1) is 11.2. The largest absolute Gasteiger partial charge is 0.461 e. The molecule has 0 aromatic rings. The van der Waals surface area contributed by atoms with Gasteiger partial charge in [-0.3, -0.25) is 0 Å². The van der Waals surface area contributed by atoms with E-state index in [1.807, 2.05) is 33.8 Å². The number of rotatable bonds is 2. The maximum absolute atomic E-state index is 11.6. The molecule has 1 aliphatic rings. The molecule has 0 radical (unpaired) electrons. The maximum Gasteiger partial charge on any atom is 0.336 e. The molecule has 0 saturated carbocycles. The number of hydrogen-bond donors (Lipinski definition) is 0. The van der Waals surface area contributed by atoms with Crippen molar-refractivity contribution in [3.05, 3.63) is 11.6 Å². The van der Waals surface area contributed by atoms with Crippen LogP contribution < -0.4 is 0 Å². The summed E-state index contributed by atoms with van der Waals surface area (Å²) < 4.78 is 10.5. The Kier molecular flexibility index (Phi) is 3.69. The van der Waals surface area contributed by atoms with Crippen molar-refractivity contribution in [1.82, 2.24) is 0 Å².